The van der Waals surface area contributed by atoms with Crippen LogP contribution in [0.25, 0.3) is 0 Å². The monoisotopic (exact) mass is 364 g/mol. The Morgan fingerprint density at radius 2 is 1.80 bits per heavy atom. The van der Waals surface area contributed by atoms with Crippen LogP contribution in [0, 0.1) is 12.8 Å². The van der Waals surface area contributed by atoms with E-state index in [0.29, 0.717) is 17.0 Å². The third-order valence-corrected chi connectivity index (χ3v) is 6.53. The van der Waals surface area contributed by atoms with E-state index in [0.717, 1.165) is 36.1 Å². The molecule has 1 aromatic carbocycles. The third-order valence-electron chi connectivity index (χ3n) is 5.15. The standard InChI is InChI=1S/C18H24N2O4S/c1-12-7-8-14-15(11-12)18(22)20(17(14)21)9-10-25(23,24)19-16-6-4-3-5-13(16)2/h7-8,11,13,16,19H,3-6,9-10H2,1-2H3. The maximum absolute atomic E-state index is 12.4. The number of hydrogen-bond acceptors (Lipinski definition) is 4. The van der Waals surface area contributed by atoms with Crippen LogP contribution in [0.1, 0.15) is 58.9 Å². The molecule has 3 rings (SSSR count). The Morgan fingerprint density at radius 1 is 1.12 bits per heavy atom. The number of fused-ring (bicyclic) bond motifs is 1. The van der Waals surface area contributed by atoms with E-state index in [9.17, 15) is 18.0 Å². The Kier molecular flexibility index (Phi) is 4.97. The predicted molar refractivity (Wildman–Crippen MR) is 94.9 cm³/mol. The minimum atomic E-state index is -3.54. The van der Waals surface area contributed by atoms with Crippen LogP contribution < -0.4 is 4.72 Å². The Bertz CT molecular complexity index is 803. The number of rotatable bonds is 5. The van der Waals surface area contributed by atoms with Crippen LogP contribution >= 0.6 is 0 Å². The summed E-state index contributed by atoms with van der Waals surface area (Å²) in [6, 6.07) is 5.02. The normalized spacial score (nSPS) is 23.8. The lowest BCUT2D eigenvalue weighted by atomic mass is 9.87. The van der Waals surface area contributed by atoms with Crippen molar-refractivity contribution in [1.29, 1.82) is 0 Å². The molecule has 0 bridgehead atoms. The molecule has 1 N–H and O–H groups in total. The molecule has 1 aliphatic heterocycles. The van der Waals surface area contributed by atoms with Gasteiger partial charge >= 0.3 is 0 Å². The second-order valence-electron chi connectivity index (χ2n) is 7.12. The van der Waals surface area contributed by atoms with Gasteiger partial charge in [0.15, 0.2) is 0 Å². The molecule has 1 aromatic rings. The number of carbonyl (C=O) groups excluding carboxylic acids is 2. The van der Waals surface area contributed by atoms with Gasteiger partial charge in [0.05, 0.1) is 16.9 Å². The first-order valence-corrected chi connectivity index (χ1v) is 10.4. The van der Waals surface area contributed by atoms with Crippen molar-refractivity contribution in [2.75, 3.05) is 12.3 Å². The summed E-state index contributed by atoms with van der Waals surface area (Å²) >= 11 is 0. The smallest absolute Gasteiger partial charge is 0.261 e. The molecule has 6 nitrogen and oxygen atoms in total. The summed E-state index contributed by atoms with van der Waals surface area (Å²) in [5, 5.41) is 0. The average molecular weight is 364 g/mol. The molecule has 2 aliphatic rings. The molecule has 2 unspecified atom stereocenters. The number of nitrogens with zero attached hydrogens (tertiary/aromatic N) is 1. The average Bonchev–Trinajstić information content (AvgIpc) is 2.78. The predicted octanol–water partition coefficient (Wildman–Crippen LogP) is 2.09. The number of carbonyl (C=O) groups is 2. The largest absolute Gasteiger partial charge is 0.273 e. The van der Waals surface area contributed by atoms with Gasteiger partial charge in [-0.3, -0.25) is 14.5 Å². The molecule has 0 aromatic heterocycles. The fourth-order valence-corrected chi connectivity index (χ4v) is 4.95. The summed E-state index contributed by atoms with van der Waals surface area (Å²) in [7, 11) is -3.54. The van der Waals surface area contributed by atoms with Crippen molar-refractivity contribution in [2.24, 2.45) is 5.92 Å². The first-order chi connectivity index (χ1) is 11.8. The van der Waals surface area contributed by atoms with Crippen molar-refractivity contribution in [1.82, 2.24) is 9.62 Å². The van der Waals surface area contributed by atoms with Crippen LogP contribution in [0.2, 0.25) is 0 Å². The number of benzene rings is 1. The maximum Gasteiger partial charge on any atom is 0.261 e. The zero-order valence-electron chi connectivity index (χ0n) is 14.6. The first kappa shape index (κ1) is 18.1. The number of sulfonamides is 1. The molecular formula is C18H24N2O4S. The minimum absolute atomic E-state index is 0.0522. The van der Waals surface area contributed by atoms with E-state index < -0.39 is 21.8 Å². The quantitative estimate of drug-likeness (QED) is 0.811. The number of aryl methyl sites for hydroxylation is 1. The molecule has 0 saturated heterocycles. The van der Waals surface area contributed by atoms with Gasteiger partial charge in [-0.1, -0.05) is 31.4 Å². The molecule has 25 heavy (non-hydrogen) atoms. The molecule has 7 heteroatoms. The minimum Gasteiger partial charge on any atom is -0.273 e. The van der Waals surface area contributed by atoms with Crippen LogP contribution in [-0.2, 0) is 10.0 Å². The van der Waals surface area contributed by atoms with E-state index >= 15 is 0 Å². The van der Waals surface area contributed by atoms with Gasteiger partial charge < -0.3 is 0 Å². The summed E-state index contributed by atoms with van der Waals surface area (Å²) in [4.78, 5) is 25.8. The van der Waals surface area contributed by atoms with Gasteiger partial charge in [0.2, 0.25) is 10.0 Å². The molecule has 1 fully saturated rings. The molecule has 2 atom stereocenters. The Hall–Kier alpha value is -1.73. The van der Waals surface area contributed by atoms with Gasteiger partial charge in [-0.05, 0) is 37.8 Å². The van der Waals surface area contributed by atoms with Crippen molar-refractivity contribution in [3.8, 4) is 0 Å². The highest BCUT2D eigenvalue weighted by atomic mass is 32.2. The van der Waals surface area contributed by atoms with Gasteiger partial charge in [0.1, 0.15) is 0 Å². The Labute approximate surface area is 148 Å². The first-order valence-electron chi connectivity index (χ1n) is 8.75. The van der Waals surface area contributed by atoms with E-state index in [-0.39, 0.29) is 18.3 Å². The van der Waals surface area contributed by atoms with Gasteiger partial charge in [-0.2, -0.15) is 0 Å². The molecule has 1 heterocycles. The van der Waals surface area contributed by atoms with E-state index in [1.54, 1.807) is 18.2 Å². The van der Waals surface area contributed by atoms with Gasteiger partial charge in [-0.25, -0.2) is 13.1 Å². The lowest BCUT2D eigenvalue weighted by molar-refractivity contribution is 0.0664. The molecule has 0 spiro atoms. The SMILES string of the molecule is Cc1ccc2c(c1)C(=O)N(CCS(=O)(=O)NC1CCCCC1C)C2=O. The van der Waals surface area contributed by atoms with Crippen molar-refractivity contribution < 1.29 is 18.0 Å². The second kappa shape index (κ2) is 6.88. The topological polar surface area (TPSA) is 83.6 Å². The number of imide groups is 1. The molecule has 136 valence electrons. The van der Waals surface area contributed by atoms with Gasteiger partial charge in [0, 0.05) is 12.6 Å². The molecular weight excluding hydrogens is 340 g/mol. The summed E-state index contributed by atoms with van der Waals surface area (Å²) in [6.45, 7) is 3.78. The highest BCUT2D eigenvalue weighted by Gasteiger charge is 2.36. The van der Waals surface area contributed by atoms with Crippen LogP contribution in [0.5, 0.6) is 0 Å². The molecule has 1 saturated carbocycles. The van der Waals surface area contributed by atoms with Crippen LogP contribution in [0.3, 0.4) is 0 Å². The van der Waals surface area contributed by atoms with Crippen molar-refractivity contribution >= 4 is 21.8 Å². The number of hydrogen-bond donors (Lipinski definition) is 1. The fourth-order valence-electron chi connectivity index (χ4n) is 3.60. The van der Waals surface area contributed by atoms with Crippen LogP contribution in [0.4, 0.5) is 0 Å². The second-order valence-corrected chi connectivity index (χ2v) is 8.99. The zero-order valence-corrected chi connectivity index (χ0v) is 15.4. The van der Waals surface area contributed by atoms with E-state index in [1.165, 1.54) is 0 Å². The highest BCUT2D eigenvalue weighted by Crippen LogP contribution is 2.25. The lowest BCUT2D eigenvalue weighted by Gasteiger charge is -2.29. The maximum atomic E-state index is 12.4. The van der Waals surface area contributed by atoms with Crippen LogP contribution in [-0.4, -0.2) is 43.5 Å². The van der Waals surface area contributed by atoms with E-state index in [4.69, 9.17) is 0 Å². The third kappa shape index (κ3) is 3.77. The van der Waals surface area contributed by atoms with Gasteiger partial charge in [-0.15, -0.1) is 0 Å². The van der Waals surface area contributed by atoms with Gasteiger partial charge in [0.25, 0.3) is 11.8 Å². The highest BCUT2D eigenvalue weighted by molar-refractivity contribution is 7.89. The van der Waals surface area contributed by atoms with Crippen molar-refractivity contribution in [2.45, 2.75) is 45.6 Å². The molecule has 0 radical (unpaired) electrons. The Morgan fingerprint density at radius 3 is 2.52 bits per heavy atom. The van der Waals surface area contributed by atoms with E-state index in [2.05, 4.69) is 11.6 Å². The van der Waals surface area contributed by atoms with Crippen LogP contribution in [0.15, 0.2) is 18.2 Å². The Balaban J connectivity index is 1.65. The number of amides is 2. The summed E-state index contributed by atoms with van der Waals surface area (Å²) in [6.07, 6.45) is 4.01. The molecule has 1 aliphatic carbocycles. The summed E-state index contributed by atoms with van der Waals surface area (Å²) in [5.41, 5.74) is 1.60. The zero-order chi connectivity index (χ0) is 18.2. The van der Waals surface area contributed by atoms with E-state index in [1.807, 2.05) is 6.92 Å². The molecule has 2 amide bonds. The fraction of sp³-hybridized carbons (Fsp3) is 0.556. The van der Waals surface area contributed by atoms with Crippen molar-refractivity contribution in [3.63, 3.8) is 0 Å². The van der Waals surface area contributed by atoms with Crippen molar-refractivity contribution in [3.05, 3.63) is 34.9 Å². The lowest BCUT2D eigenvalue weighted by Crippen LogP contribution is -2.44. The summed E-state index contributed by atoms with van der Waals surface area (Å²) in [5.74, 6) is -0.780. The number of nitrogens with one attached hydrogen (secondary N) is 1. The summed E-state index contributed by atoms with van der Waals surface area (Å²) < 4.78 is 27.5.